The minimum atomic E-state index is -0.506. The Balaban J connectivity index is 1.83. The number of halogens is 2. The monoisotopic (exact) mass is 314 g/mol. The van der Waals surface area contributed by atoms with Crippen molar-refractivity contribution in [3.05, 3.63) is 29.0 Å². The van der Waals surface area contributed by atoms with E-state index in [2.05, 4.69) is 10.2 Å². The lowest BCUT2D eigenvalue weighted by Gasteiger charge is -2.26. The summed E-state index contributed by atoms with van der Waals surface area (Å²) in [6.07, 6.45) is 3.19. The molecule has 0 spiro atoms. The molecule has 0 aromatic heterocycles. The van der Waals surface area contributed by atoms with Crippen molar-refractivity contribution in [3.63, 3.8) is 0 Å². The molecule has 0 unspecified atom stereocenters. The second kappa shape index (κ2) is 7.09. The zero-order valence-electron chi connectivity index (χ0n) is 12.2. The molecule has 1 fully saturated rings. The summed E-state index contributed by atoms with van der Waals surface area (Å²) in [6.45, 7) is -0.0986. The quantitative estimate of drug-likeness (QED) is 0.907. The predicted octanol–water partition coefficient (Wildman–Crippen LogP) is 2.46. The third-order valence-corrected chi connectivity index (χ3v) is 4.04. The molecule has 2 rings (SSSR count). The SMILES string of the molecule is CN(C)[C@@H]1CCC[C@H]1NC(=O)COc1ccc(F)c(Cl)c1. The van der Waals surface area contributed by atoms with Gasteiger partial charge in [-0.3, -0.25) is 4.79 Å². The summed E-state index contributed by atoms with van der Waals surface area (Å²) >= 11 is 5.66. The van der Waals surface area contributed by atoms with Gasteiger partial charge in [-0.1, -0.05) is 11.6 Å². The first-order chi connectivity index (χ1) is 9.97. The van der Waals surface area contributed by atoms with E-state index in [9.17, 15) is 9.18 Å². The molecule has 0 heterocycles. The molecule has 4 nitrogen and oxygen atoms in total. The first-order valence-electron chi connectivity index (χ1n) is 7.01. The van der Waals surface area contributed by atoms with Crippen LogP contribution >= 0.6 is 11.6 Å². The van der Waals surface area contributed by atoms with E-state index >= 15 is 0 Å². The molecule has 0 saturated heterocycles. The molecule has 6 heteroatoms. The van der Waals surface area contributed by atoms with Crippen molar-refractivity contribution in [1.82, 2.24) is 10.2 Å². The molecule has 1 aromatic rings. The van der Waals surface area contributed by atoms with Crippen LogP contribution in [0.1, 0.15) is 19.3 Å². The number of carbonyl (C=O) groups excluding carboxylic acids is 1. The van der Waals surface area contributed by atoms with E-state index in [1.165, 1.54) is 18.2 Å². The average molecular weight is 315 g/mol. The Morgan fingerprint density at radius 2 is 2.24 bits per heavy atom. The minimum absolute atomic E-state index is 0.0172. The maximum absolute atomic E-state index is 13.0. The Labute approximate surface area is 129 Å². The molecule has 1 aromatic carbocycles. The smallest absolute Gasteiger partial charge is 0.258 e. The number of amides is 1. The van der Waals surface area contributed by atoms with Gasteiger partial charge in [-0.2, -0.15) is 0 Å². The largest absolute Gasteiger partial charge is 0.484 e. The fraction of sp³-hybridized carbons (Fsp3) is 0.533. The fourth-order valence-corrected chi connectivity index (χ4v) is 2.86. The van der Waals surface area contributed by atoms with Gasteiger partial charge in [0.1, 0.15) is 11.6 Å². The van der Waals surface area contributed by atoms with Gasteiger partial charge in [0, 0.05) is 18.2 Å². The zero-order valence-corrected chi connectivity index (χ0v) is 13.0. The van der Waals surface area contributed by atoms with Gasteiger partial charge in [-0.05, 0) is 45.5 Å². The van der Waals surface area contributed by atoms with Gasteiger partial charge in [0.05, 0.1) is 5.02 Å². The second-order valence-corrected chi connectivity index (χ2v) is 5.91. The number of benzene rings is 1. The van der Waals surface area contributed by atoms with Gasteiger partial charge in [0.2, 0.25) is 0 Å². The van der Waals surface area contributed by atoms with Crippen molar-refractivity contribution < 1.29 is 13.9 Å². The van der Waals surface area contributed by atoms with E-state index in [4.69, 9.17) is 16.3 Å². The summed E-state index contributed by atoms with van der Waals surface area (Å²) in [7, 11) is 4.04. The van der Waals surface area contributed by atoms with Crippen LogP contribution in [0.5, 0.6) is 5.75 Å². The maximum atomic E-state index is 13.0. The average Bonchev–Trinajstić information content (AvgIpc) is 2.88. The molecule has 1 aliphatic carbocycles. The lowest BCUT2D eigenvalue weighted by Crippen LogP contribution is -2.47. The topological polar surface area (TPSA) is 41.6 Å². The molecule has 1 saturated carbocycles. The van der Waals surface area contributed by atoms with Crippen LogP contribution < -0.4 is 10.1 Å². The van der Waals surface area contributed by atoms with Gasteiger partial charge < -0.3 is 15.0 Å². The Morgan fingerprint density at radius 1 is 1.48 bits per heavy atom. The van der Waals surface area contributed by atoms with Gasteiger partial charge in [0.25, 0.3) is 5.91 Å². The van der Waals surface area contributed by atoms with Crippen molar-refractivity contribution in [3.8, 4) is 5.75 Å². The molecule has 1 aliphatic rings. The van der Waals surface area contributed by atoms with E-state index in [-0.39, 0.29) is 23.6 Å². The van der Waals surface area contributed by atoms with Crippen molar-refractivity contribution in [2.45, 2.75) is 31.3 Å². The number of rotatable bonds is 5. The number of ether oxygens (including phenoxy) is 1. The highest BCUT2D eigenvalue weighted by Gasteiger charge is 2.29. The Kier molecular flexibility index (Phi) is 5.42. The standard InChI is InChI=1S/C15H20ClFN2O2/c1-19(2)14-5-3-4-13(14)18-15(20)9-21-10-6-7-12(17)11(16)8-10/h6-8,13-14H,3-5,9H2,1-2H3,(H,18,20)/t13-,14-/m1/s1. The molecular formula is C15H20ClFN2O2. The van der Waals surface area contributed by atoms with Crippen molar-refractivity contribution in [1.29, 1.82) is 0 Å². The van der Waals surface area contributed by atoms with Crippen LogP contribution in [0.15, 0.2) is 18.2 Å². The van der Waals surface area contributed by atoms with Crippen LogP contribution in [0.3, 0.4) is 0 Å². The highest BCUT2D eigenvalue weighted by atomic mass is 35.5. The van der Waals surface area contributed by atoms with Crippen LogP contribution in [0, 0.1) is 5.82 Å². The summed E-state index contributed by atoms with van der Waals surface area (Å²) in [5.74, 6) is -0.297. The molecule has 116 valence electrons. The first kappa shape index (κ1) is 16.0. The van der Waals surface area contributed by atoms with Crippen LogP contribution in [-0.2, 0) is 4.79 Å². The van der Waals surface area contributed by atoms with Crippen LogP contribution in [0.4, 0.5) is 4.39 Å². The first-order valence-corrected chi connectivity index (χ1v) is 7.39. The van der Waals surface area contributed by atoms with Crippen molar-refractivity contribution in [2.24, 2.45) is 0 Å². The lowest BCUT2D eigenvalue weighted by molar-refractivity contribution is -0.124. The summed E-state index contributed by atoms with van der Waals surface area (Å²) < 4.78 is 18.3. The number of likely N-dealkylation sites (N-methyl/N-ethyl adjacent to an activating group) is 1. The Bertz CT molecular complexity index is 510. The van der Waals surface area contributed by atoms with Crippen LogP contribution in [0.2, 0.25) is 5.02 Å². The molecule has 2 atom stereocenters. The second-order valence-electron chi connectivity index (χ2n) is 5.50. The minimum Gasteiger partial charge on any atom is -0.484 e. The predicted molar refractivity (Wildman–Crippen MR) is 80.2 cm³/mol. The van der Waals surface area contributed by atoms with Gasteiger partial charge in [0.15, 0.2) is 6.61 Å². The van der Waals surface area contributed by atoms with E-state index in [0.29, 0.717) is 11.8 Å². The zero-order chi connectivity index (χ0) is 15.4. The number of nitrogens with zero attached hydrogens (tertiary/aromatic N) is 1. The van der Waals surface area contributed by atoms with E-state index in [0.717, 1.165) is 19.3 Å². The molecular weight excluding hydrogens is 295 g/mol. The third-order valence-electron chi connectivity index (χ3n) is 3.75. The van der Waals surface area contributed by atoms with Crippen LogP contribution in [-0.4, -0.2) is 43.6 Å². The van der Waals surface area contributed by atoms with Crippen molar-refractivity contribution in [2.75, 3.05) is 20.7 Å². The number of hydrogen-bond donors (Lipinski definition) is 1. The molecule has 0 aliphatic heterocycles. The summed E-state index contributed by atoms with van der Waals surface area (Å²) in [4.78, 5) is 14.1. The highest BCUT2D eigenvalue weighted by Crippen LogP contribution is 2.23. The fourth-order valence-electron chi connectivity index (χ4n) is 2.69. The Morgan fingerprint density at radius 3 is 2.90 bits per heavy atom. The van der Waals surface area contributed by atoms with Crippen molar-refractivity contribution >= 4 is 17.5 Å². The molecule has 0 radical (unpaired) electrons. The van der Waals surface area contributed by atoms with Gasteiger partial charge >= 0.3 is 0 Å². The lowest BCUT2D eigenvalue weighted by atomic mass is 10.1. The summed E-state index contributed by atoms with van der Waals surface area (Å²) in [5.41, 5.74) is 0. The number of nitrogens with one attached hydrogen (secondary N) is 1. The molecule has 1 amide bonds. The van der Waals surface area contributed by atoms with Gasteiger partial charge in [-0.15, -0.1) is 0 Å². The van der Waals surface area contributed by atoms with E-state index in [1.807, 2.05) is 14.1 Å². The summed E-state index contributed by atoms with van der Waals surface area (Å²) in [5, 5.41) is 2.98. The third kappa shape index (κ3) is 4.32. The number of hydrogen-bond acceptors (Lipinski definition) is 3. The molecule has 1 N–H and O–H groups in total. The number of carbonyl (C=O) groups is 1. The Hall–Kier alpha value is -1.33. The van der Waals surface area contributed by atoms with E-state index < -0.39 is 5.82 Å². The van der Waals surface area contributed by atoms with Gasteiger partial charge in [-0.25, -0.2) is 4.39 Å². The normalized spacial score (nSPS) is 21.6. The highest BCUT2D eigenvalue weighted by molar-refractivity contribution is 6.30. The van der Waals surface area contributed by atoms with Crippen LogP contribution in [0.25, 0.3) is 0 Å². The maximum Gasteiger partial charge on any atom is 0.258 e. The molecule has 0 bridgehead atoms. The van der Waals surface area contributed by atoms with E-state index in [1.54, 1.807) is 0 Å². The summed E-state index contributed by atoms with van der Waals surface area (Å²) in [6, 6.07) is 4.56. The molecule has 21 heavy (non-hydrogen) atoms.